The van der Waals surface area contributed by atoms with Gasteiger partial charge in [0.15, 0.2) is 5.79 Å². The molecule has 1 spiro atoms. The third-order valence-electron chi connectivity index (χ3n) is 6.52. The fourth-order valence-corrected chi connectivity index (χ4v) is 4.66. The Morgan fingerprint density at radius 2 is 1.70 bits per heavy atom. The second-order valence-corrected chi connectivity index (χ2v) is 8.74. The van der Waals surface area contributed by atoms with Crippen LogP contribution in [0.5, 0.6) is 5.75 Å². The number of rotatable bonds is 4. The highest BCUT2D eigenvalue weighted by atomic mass is 16.7. The Hall–Kier alpha value is -3.16. The normalized spacial score (nSPS) is 17.5. The predicted molar refractivity (Wildman–Crippen MR) is 125 cm³/mol. The summed E-state index contributed by atoms with van der Waals surface area (Å²) in [6.45, 7) is 6.54. The Bertz CT molecular complexity index is 1150. The maximum absolute atomic E-state index is 13.7. The van der Waals surface area contributed by atoms with Crippen LogP contribution in [0.1, 0.15) is 34.5 Å². The molecule has 0 saturated carbocycles. The van der Waals surface area contributed by atoms with Crippen molar-refractivity contribution in [2.24, 2.45) is 0 Å². The smallest absolute Gasteiger partial charge is 0.272 e. The second-order valence-electron chi connectivity index (χ2n) is 8.74. The number of amides is 1. The monoisotopic (exact) mass is 447 g/mol. The van der Waals surface area contributed by atoms with Crippen molar-refractivity contribution in [1.82, 2.24) is 14.7 Å². The number of hydrogen-bond acceptors (Lipinski definition) is 5. The van der Waals surface area contributed by atoms with E-state index in [1.54, 1.807) is 11.8 Å². The first-order valence-electron chi connectivity index (χ1n) is 11.4. The number of carbonyl (C=O) groups excluding carboxylic acids is 1. The molecule has 3 heterocycles. The lowest BCUT2D eigenvalue weighted by Crippen LogP contribution is -2.47. The molecule has 2 aliphatic rings. The van der Waals surface area contributed by atoms with Gasteiger partial charge in [-0.1, -0.05) is 17.7 Å². The Morgan fingerprint density at radius 1 is 1.00 bits per heavy atom. The molecule has 7 heteroatoms. The fraction of sp³-hybridized carbons (Fsp3) is 0.385. The van der Waals surface area contributed by atoms with Gasteiger partial charge >= 0.3 is 0 Å². The summed E-state index contributed by atoms with van der Waals surface area (Å²) >= 11 is 0. The molecular formula is C26H29N3O4. The summed E-state index contributed by atoms with van der Waals surface area (Å²) in [6.07, 6.45) is 1.36. The van der Waals surface area contributed by atoms with Crippen LogP contribution in [0, 0.1) is 13.8 Å². The van der Waals surface area contributed by atoms with E-state index in [-0.39, 0.29) is 5.91 Å². The molecular weight excluding hydrogens is 418 g/mol. The fourth-order valence-electron chi connectivity index (χ4n) is 4.66. The highest BCUT2D eigenvalue weighted by molar-refractivity contribution is 5.94. The molecule has 1 aromatic heterocycles. The van der Waals surface area contributed by atoms with E-state index in [1.165, 1.54) is 5.56 Å². The molecule has 7 nitrogen and oxygen atoms in total. The third kappa shape index (κ3) is 4.14. The van der Waals surface area contributed by atoms with Crippen molar-refractivity contribution in [1.29, 1.82) is 0 Å². The van der Waals surface area contributed by atoms with Crippen LogP contribution in [-0.4, -0.2) is 59.8 Å². The summed E-state index contributed by atoms with van der Waals surface area (Å²) in [4.78, 5) is 15.6. The van der Waals surface area contributed by atoms with Crippen LogP contribution in [0.3, 0.4) is 0 Å². The number of aromatic nitrogens is 2. The summed E-state index contributed by atoms with van der Waals surface area (Å²) in [5.41, 5.74) is 5.37. The number of benzene rings is 2. The van der Waals surface area contributed by atoms with E-state index >= 15 is 0 Å². The Morgan fingerprint density at radius 3 is 2.33 bits per heavy atom. The first kappa shape index (κ1) is 21.7. The van der Waals surface area contributed by atoms with Crippen molar-refractivity contribution in [3.63, 3.8) is 0 Å². The molecule has 33 heavy (non-hydrogen) atoms. The molecule has 0 unspecified atom stereocenters. The van der Waals surface area contributed by atoms with Crippen LogP contribution in [0.15, 0.2) is 48.5 Å². The van der Waals surface area contributed by atoms with Crippen molar-refractivity contribution >= 4 is 5.91 Å². The van der Waals surface area contributed by atoms with Gasteiger partial charge in [-0.15, -0.1) is 0 Å². The molecule has 5 rings (SSSR count). The largest absolute Gasteiger partial charge is 0.497 e. The van der Waals surface area contributed by atoms with Crippen molar-refractivity contribution in [3.05, 3.63) is 65.4 Å². The van der Waals surface area contributed by atoms with Crippen molar-refractivity contribution in [2.75, 3.05) is 33.4 Å². The van der Waals surface area contributed by atoms with E-state index in [0.29, 0.717) is 44.8 Å². The van der Waals surface area contributed by atoms with Gasteiger partial charge in [-0.25, -0.2) is 4.68 Å². The van der Waals surface area contributed by atoms with Gasteiger partial charge in [0.05, 0.1) is 31.7 Å². The number of nitrogens with zero attached hydrogens (tertiary/aromatic N) is 3. The average molecular weight is 448 g/mol. The van der Waals surface area contributed by atoms with E-state index in [1.807, 2.05) is 54.3 Å². The number of aryl methyl sites for hydroxylation is 2. The number of ether oxygens (including phenoxy) is 3. The van der Waals surface area contributed by atoms with Crippen LogP contribution >= 0.6 is 0 Å². The molecule has 2 saturated heterocycles. The lowest BCUT2D eigenvalue weighted by molar-refractivity contribution is -0.181. The molecule has 3 aromatic rings. The summed E-state index contributed by atoms with van der Waals surface area (Å²) in [5.74, 6) is 0.233. The van der Waals surface area contributed by atoms with Crippen molar-refractivity contribution < 1.29 is 19.0 Å². The zero-order valence-electron chi connectivity index (χ0n) is 19.3. The molecule has 2 aliphatic heterocycles. The van der Waals surface area contributed by atoms with Gasteiger partial charge in [0.1, 0.15) is 11.4 Å². The summed E-state index contributed by atoms with van der Waals surface area (Å²) in [7, 11) is 1.64. The molecule has 172 valence electrons. The lowest BCUT2D eigenvalue weighted by Gasteiger charge is -2.37. The topological polar surface area (TPSA) is 65.8 Å². The number of piperidine rings is 1. The number of likely N-dealkylation sites (tertiary alicyclic amines) is 1. The summed E-state index contributed by atoms with van der Waals surface area (Å²) in [6, 6.07) is 15.8. The third-order valence-corrected chi connectivity index (χ3v) is 6.52. The van der Waals surface area contributed by atoms with Crippen LogP contribution in [0.2, 0.25) is 0 Å². The molecule has 2 aromatic carbocycles. The first-order chi connectivity index (χ1) is 16.0. The van der Waals surface area contributed by atoms with E-state index in [2.05, 4.69) is 13.0 Å². The molecule has 0 bridgehead atoms. The van der Waals surface area contributed by atoms with Crippen molar-refractivity contribution in [3.8, 4) is 22.7 Å². The highest BCUT2D eigenvalue weighted by Gasteiger charge is 2.41. The number of hydrogen-bond donors (Lipinski definition) is 0. The number of methoxy groups -OCH3 is 1. The quantitative estimate of drug-likeness (QED) is 0.601. The minimum Gasteiger partial charge on any atom is -0.497 e. The van der Waals surface area contributed by atoms with Crippen LogP contribution in [-0.2, 0) is 9.47 Å². The Kier molecular flexibility index (Phi) is 5.68. The van der Waals surface area contributed by atoms with Gasteiger partial charge in [0, 0.05) is 31.5 Å². The second kappa shape index (κ2) is 8.65. The lowest BCUT2D eigenvalue weighted by atomic mass is 10.0. The summed E-state index contributed by atoms with van der Waals surface area (Å²) in [5, 5.41) is 4.86. The van der Waals surface area contributed by atoms with Crippen molar-refractivity contribution in [2.45, 2.75) is 32.5 Å². The zero-order chi connectivity index (χ0) is 23.0. The van der Waals surface area contributed by atoms with Crippen LogP contribution in [0.25, 0.3) is 16.9 Å². The van der Waals surface area contributed by atoms with Gasteiger partial charge in [-0.3, -0.25) is 4.79 Å². The molecule has 0 aliphatic carbocycles. The molecule has 0 N–H and O–H groups in total. The van der Waals surface area contributed by atoms with Gasteiger partial charge in [-0.2, -0.15) is 5.10 Å². The van der Waals surface area contributed by atoms with Crippen LogP contribution in [0.4, 0.5) is 0 Å². The number of carbonyl (C=O) groups is 1. The van der Waals surface area contributed by atoms with Gasteiger partial charge in [0.25, 0.3) is 5.91 Å². The molecule has 1 amide bonds. The maximum Gasteiger partial charge on any atom is 0.272 e. The molecule has 0 atom stereocenters. The van der Waals surface area contributed by atoms with Crippen LogP contribution < -0.4 is 4.74 Å². The van der Waals surface area contributed by atoms with E-state index in [0.717, 1.165) is 28.3 Å². The highest BCUT2D eigenvalue weighted by Crippen LogP contribution is 2.33. The summed E-state index contributed by atoms with van der Waals surface area (Å²) < 4.78 is 18.7. The van der Waals surface area contributed by atoms with Gasteiger partial charge in [-0.05, 0) is 55.8 Å². The Balaban J connectivity index is 1.50. The van der Waals surface area contributed by atoms with Gasteiger partial charge < -0.3 is 19.1 Å². The van der Waals surface area contributed by atoms with E-state index < -0.39 is 5.79 Å². The zero-order valence-corrected chi connectivity index (χ0v) is 19.3. The Labute approximate surface area is 193 Å². The van der Waals surface area contributed by atoms with E-state index in [9.17, 15) is 4.79 Å². The first-order valence-corrected chi connectivity index (χ1v) is 11.4. The SMILES string of the molecule is COc1ccc(-c2cc(C(=O)N3CCC4(CC3)OCCO4)n(-c3ccc(C)cc3C)n2)cc1. The predicted octanol–water partition coefficient (Wildman–Crippen LogP) is 4.14. The average Bonchev–Trinajstić information content (AvgIpc) is 3.47. The minimum atomic E-state index is -0.515. The molecule has 0 radical (unpaired) electrons. The van der Waals surface area contributed by atoms with Gasteiger partial charge in [0.2, 0.25) is 0 Å². The van der Waals surface area contributed by atoms with E-state index in [4.69, 9.17) is 19.3 Å². The molecule has 2 fully saturated rings. The maximum atomic E-state index is 13.7. The minimum absolute atomic E-state index is 0.0323. The standard InChI is InChI=1S/C26H29N3O4/c1-18-4-9-23(19(2)16-18)29-24(17-22(27-29)20-5-7-21(31-3)8-6-20)25(30)28-12-10-26(11-13-28)32-14-15-33-26/h4-9,16-17H,10-15H2,1-3H3.